The summed E-state index contributed by atoms with van der Waals surface area (Å²) in [5.74, 6) is 1.09. The van der Waals surface area contributed by atoms with Gasteiger partial charge in [-0.2, -0.15) is 0 Å². The summed E-state index contributed by atoms with van der Waals surface area (Å²) in [6, 6.07) is 14.4. The molecule has 3 heteroatoms. The Bertz CT molecular complexity index is 639. The van der Waals surface area contributed by atoms with Crippen LogP contribution < -0.4 is 4.74 Å². The number of aryl methyl sites for hydroxylation is 1. The lowest BCUT2D eigenvalue weighted by Crippen LogP contribution is -2.19. The van der Waals surface area contributed by atoms with E-state index in [-0.39, 0.29) is 18.6 Å². The van der Waals surface area contributed by atoms with Gasteiger partial charge in [0.25, 0.3) is 0 Å². The van der Waals surface area contributed by atoms with E-state index >= 15 is 0 Å². The highest BCUT2D eigenvalue weighted by Crippen LogP contribution is 2.35. The summed E-state index contributed by atoms with van der Waals surface area (Å²) in [5.41, 5.74) is 3.70. The Labute approximate surface area is 133 Å². The van der Waals surface area contributed by atoms with Gasteiger partial charge in [0.2, 0.25) is 0 Å². The van der Waals surface area contributed by atoms with E-state index in [1.165, 1.54) is 11.1 Å². The average Bonchev–Trinajstić information content (AvgIpc) is 2.87. The molecule has 0 spiro atoms. The first-order chi connectivity index (χ1) is 10.2. The highest BCUT2D eigenvalue weighted by Gasteiger charge is 2.27. The number of aliphatic hydroxyl groups is 1. The molecule has 2 nitrogen and oxygen atoms in total. The van der Waals surface area contributed by atoms with Crippen molar-refractivity contribution >= 4 is 15.9 Å². The second kappa shape index (κ2) is 6.20. The van der Waals surface area contributed by atoms with Crippen LogP contribution in [0.25, 0.3) is 0 Å². The molecule has 1 aliphatic heterocycles. The first-order valence-electron chi connectivity index (χ1n) is 7.29. The van der Waals surface area contributed by atoms with Crippen molar-refractivity contribution in [2.24, 2.45) is 0 Å². The van der Waals surface area contributed by atoms with Crippen LogP contribution in [0.1, 0.15) is 29.0 Å². The Hall–Kier alpha value is -1.32. The Kier molecular flexibility index (Phi) is 4.32. The van der Waals surface area contributed by atoms with E-state index < -0.39 is 0 Å². The standard InChI is InChI=1S/C18H19BrO2/c1-12-6-7-18-13(8-12)9-15(21-18)10-14(11-20)16-4-2-3-5-17(16)19/h2-8,14-15,20H,9-11H2,1H3. The predicted octanol–water partition coefficient (Wildman–Crippen LogP) is 4.23. The summed E-state index contributed by atoms with van der Waals surface area (Å²) in [5, 5.41) is 9.75. The van der Waals surface area contributed by atoms with Crippen LogP contribution >= 0.6 is 15.9 Å². The highest BCUT2D eigenvalue weighted by atomic mass is 79.9. The second-order valence-corrected chi connectivity index (χ2v) is 6.55. The smallest absolute Gasteiger partial charge is 0.123 e. The molecule has 0 saturated heterocycles. The molecule has 21 heavy (non-hydrogen) atoms. The fourth-order valence-electron chi connectivity index (χ4n) is 3.00. The van der Waals surface area contributed by atoms with Gasteiger partial charge in [-0.1, -0.05) is 51.8 Å². The van der Waals surface area contributed by atoms with E-state index in [1.807, 2.05) is 18.2 Å². The third kappa shape index (κ3) is 3.14. The number of halogens is 1. The monoisotopic (exact) mass is 346 g/mol. The topological polar surface area (TPSA) is 29.5 Å². The zero-order chi connectivity index (χ0) is 14.8. The summed E-state index contributed by atoms with van der Waals surface area (Å²) in [4.78, 5) is 0. The van der Waals surface area contributed by atoms with Crippen LogP contribution in [0.3, 0.4) is 0 Å². The van der Waals surface area contributed by atoms with Crippen LogP contribution in [0.15, 0.2) is 46.9 Å². The van der Waals surface area contributed by atoms with Crippen molar-refractivity contribution < 1.29 is 9.84 Å². The van der Waals surface area contributed by atoms with Crippen LogP contribution in [0.4, 0.5) is 0 Å². The first-order valence-corrected chi connectivity index (χ1v) is 8.08. The lowest BCUT2D eigenvalue weighted by Gasteiger charge is -2.20. The van der Waals surface area contributed by atoms with Gasteiger partial charge in [-0.25, -0.2) is 0 Å². The molecule has 2 atom stereocenters. The number of hydrogen-bond donors (Lipinski definition) is 1. The molecule has 0 amide bonds. The molecule has 1 N–H and O–H groups in total. The summed E-state index contributed by atoms with van der Waals surface area (Å²) >= 11 is 3.57. The van der Waals surface area contributed by atoms with E-state index in [4.69, 9.17) is 4.74 Å². The zero-order valence-electron chi connectivity index (χ0n) is 12.1. The second-order valence-electron chi connectivity index (χ2n) is 5.69. The lowest BCUT2D eigenvalue weighted by atomic mass is 9.92. The lowest BCUT2D eigenvalue weighted by molar-refractivity contribution is 0.179. The maximum Gasteiger partial charge on any atom is 0.123 e. The summed E-state index contributed by atoms with van der Waals surface area (Å²) in [7, 11) is 0. The fourth-order valence-corrected chi connectivity index (χ4v) is 3.61. The molecule has 3 rings (SSSR count). The quantitative estimate of drug-likeness (QED) is 0.897. The van der Waals surface area contributed by atoms with E-state index in [0.29, 0.717) is 0 Å². The van der Waals surface area contributed by atoms with Gasteiger partial charge in [0.1, 0.15) is 11.9 Å². The molecule has 1 aliphatic rings. The van der Waals surface area contributed by atoms with Crippen molar-refractivity contribution in [3.05, 3.63) is 63.6 Å². The third-order valence-electron chi connectivity index (χ3n) is 4.07. The minimum Gasteiger partial charge on any atom is -0.490 e. The molecule has 2 aromatic carbocycles. The number of rotatable bonds is 4. The Morgan fingerprint density at radius 3 is 2.86 bits per heavy atom. The summed E-state index contributed by atoms with van der Waals surface area (Å²) < 4.78 is 7.08. The van der Waals surface area contributed by atoms with Gasteiger partial charge in [0, 0.05) is 16.8 Å². The van der Waals surface area contributed by atoms with Gasteiger partial charge in [-0.05, 0) is 36.6 Å². The van der Waals surface area contributed by atoms with Crippen LogP contribution in [-0.4, -0.2) is 17.8 Å². The van der Waals surface area contributed by atoms with E-state index in [2.05, 4.69) is 47.1 Å². The Morgan fingerprint density at radius 2 is 2.10 bits per heavy atom. The Morgan fingerprint density at radius 1 is 1.29 bits per heavy atom. The van der Waals surface area contributed by atoms with Crippen molar-refractivity contribution in [1.29, 1.82) is 0 Å². The average molecular weight is 347 g/mol. The SMILES string of the molecule is Cc1ccc2c(c1)CC(CC(CO)c1ccccc1Br)O2. The molecule has 110 valence electrons. The maximum absolute atomic E-state index is 9.75. The van der Waals surface area contributed by atoms with Gasteiger partial charge in [0.15, 0.2) is 0 Å². The minimum atomic E-state index is 0.0981. The van der Waals surface area contributed by atoms with Crippen molar-refractivity contribution in [3.63, 3.8) is 0 Å². The fraction of sp³-hybridized carbons (Fsp3) is 0.333. The number of ether oxygens (including phenoxy) is 1. The number of aliphatic hydroxyl groups excluding tert-OH is 1. The minimum absolute atomic E-state index is 0.0981. The molecule has 2 unspecified atom stereocenters. The van der Waals surface area contributed by atoms with Crippen molar-refractivity contribution in [2.45, 2.75) is 31.8 Å². The first kappa shape index (κ1) is 14.6. The van der Waals surface area contributed by atoms with Gasteiger partial charge in [-0.15, -0.1) is 0 Å². The van der Waals surface area contributed by atoms with Gasteiger partial charge >= 0.3 is 0 Å². The molecule has 0 saturated carbocycles. The molecular weight excluding hydrogens is 328 g/mol. The molecule has 0 fully saturated rings. The normalized spacial score (nSPS) is 18.1. The van der Waals surface area contributed by atoms with Gasteiger partial charge in [-0.3, -0.25) is 0 Å². The van der Waals surface area contributed by atoms with E-state index in [9.17, 15) is 5.11 Å². The van der Waals surface area contributed by atoms with Crippen LogP contribution in [0.2, 0.25) is 0 Å². The zero-order valence-corrected chi connectivity index (χ0v) is 13.6. The van der Waals surface area contributed by atoms with Crippen LogP contribution in [0, 0.1) is 6.92 Å². The van der Waals surface area contributed by atoms with E-state index in [1.54, 1.807) is 0 Å². The third-order valence-corrected chi connectivity index (χ3v) is 4.79. The van der Waals surface area contributed by atoms with Crippen molar-refractivity contribution in [2.75, 3.05) is 6.61 Å². The number of benzene rings is 2. The van der Waals surface area contributed by atoms with E-state index in [0.717, 1.165) is 28.6 Å². The number of hydrogen-bond acceptors (Lipinski definition) is 2. The van der Waals surface area contributed by atoms with Crippen LogP contribution in [0.5, 0.6) is 5.75 Å². The summed E-state index contributed by atoms with van der Waals surface area (Å²) in [6.07, 6.45) is 1.90. The van der Waals surface area contributed by atoms with Crippen molar-refractivity contribution in [1.82, 2.24) is 0 Å². The van der Waals surface area contributed by atoms with Gasteiger partial charge in [0.05, 0.1) is 6.61 Å². The summed E-state index contributed by atoms with van der Waals surface area (Å²) in [6.45, 7) is 2.24. The Balaban J connectivity index is 1.74. The molecule has 1 heterocycles. The van der Waals surface area contributed by atoms with Gasteiger partial charge < -0.3 is 9.84 Å². The molecule has 0 bridgehead atoms. The highest BCUT2D eigenvalue weighted by molar-refractivity contribution is 9.10. The molecular formula is C18H19BrO2. The molecule has 0 aliphatic carbocycles. The number of fused-ring (bicyclic) bond motifs is 1. The molecule has 2 aromatic rings. The molecule has 0 aromatic heterocycles. The largest absolute Gasteiger partial charge is 0.490 e. The predicted molar refractivity (Wildman–Crippen MR) is 87.9 cm³/mol. The van der Waals surface area contributed by atoms with Crippen LogP contribution in [-0.2, 0) is 6.42 Å². The maximum atomic E-state index is 9.75. The van der Waals surface area contributed by atoms with Crippen molar-refractivity contribution in [3.8, 4) is 5.75 Å². The molecule has 0 radical (unpaired) electrons.